The van der Waals surface area contributed by atoms with E-state index in [1.54, 1.807) is 34.6 Å². The van der Waals surface area contributed by atoms with Gasteiger partial charge in [-0.15, -0.1) is 0 Å². The van der Waals surface area contributed by atoms with Crippen LogP contribution in [0.2, 0.25) is 0 Å². The summed E-state index contributed by atoms with van der Waals surface area (Å²) in [6, 6.07) is 6.38. The molecule has 0 fully saturated rings. The van der Waals surface area contributed by atoms with Gasteiger partial charge in [-0.05, 0) is 39.2 Å². The van der Waals surface area contributed by atoms with Gasteiger partial charge < -0.3 is 26.4 Å². The van der Waals surface area contributed by atoms with Gasteiger partial charge >= 0.3 is 6.09 Å². The first-order chi connectivity index (χ1) is 14.3. The minimum atomic E-state index is -0.972. The number of primary amides is 1. The Hall–Kier alpha value is -3.10. The van der Waals surface area contributed by atoms with Crippen molar-refractivity contribution in [2.75, 3.05) is 0 Å². The third-order valence-electron chi connectivity index (χ3n) is 4.32. The molecule has 4 amide bonds. The van der Waals surface area contributed by atoms with Crippen molar-refractivity contribution in [3.63, 3.8) is 0 Å². The lowest BCUT2D eigenvalue weighted by Gasteiger charge is -2.27. The number of alkyl carbamates (subject to hydrolysis) is 1. The SMILES string of the molecule is CC(C)[C@H](NC(=O)[C@@H](Cc1ccccc1)NC(=O)OC(C)(C)C)C(=O)N[C@H](C)C(N)=O. The zero-order valence-corrected chi connectivity index (χ0v) is 19.0. The summed E-state index contributed by atoms with van der Waals surface area (Å²) < 4.78 is 5.27. The second kappa shape index (κ2) is 11.3. The number of benzene rings is 1. The Balaban J connectivity index is 3.00. The molecule has 0 radical (unpaired) electrons. The largest absolute Gasteiger partial charge is 0.444 e. The van der Waals surface area contributed by atoms with Crippen molar-refractivity contribution in [1.29, 1.82) is 0 Å². The number of nitrogens with two attached hydrogens (primary N) is 1. The maximum absolute atomic E-state index is 13.0. The standard InChI is InChI=1S/C22H34N4O5/c1-13(2)17(20(29)24-14(3)18(23)27)26-19(28)16(12-15-10-8-7-9-11-15)25-21(30)31-22(4,5)6/h7-11,13-14,16-17H,12H2,1-6H3,(H2,23,27)(H,24,29)(H,25,30)(H,26,28)/t14-,16-,17+/m1/s1. The third-order valence-corrected chi connectivity index (χ3v) is 4.32. The van der Waals surface area contributed by atoms with E-state index in [1.807, 2.05) is 30.3 Å². The van der Waals surface area contributed by atoms with Crippen LogP contribution in [0.5, 0.6) is 0 Å². The number of nitrogens with one attached hydrogen (secondary N) is 3. The molecule has 1 rings (SSSR count). The van der Waals surface area contributed by atoms with Crippen LogP contribution in [0.1, 0.15) is 47.1 Å². The van der Waals surface area contributed by atoms with Gasteiger partial charge in [0.05, 0.1) is 0 Å². The van der Waals surface area contributed by atoms with Crippen molar-refractivity contribution in [1.82, 2.24) is 16.0 Å². The molecule has 9 heteroatoms. The summed E-state index contributed by atoms with van der Waals surface area (Å²) in [5, 5.41) is 7.75. The summed E-state index contributed by atoms with van der Waals surface area (Å²) in [6.07, 6.45) is -0.535. The normalized spacial score (nSPS) is 14.2. The van der Waals surface area contributed by atoms with Crippen LogP contribution in [0.15, 0.2) is 30.3 Å². The van der Waals surface area contributed by atoms with Crippen molar-refractivity contribution < 1.29 is 23.9 Å². The highest BCUT2D eigenvalue weighted by atomic mass is 16.6. The first kappa shape index (κ1) is 25.9. The molecule has 172 valence electrons. The molecule has 0 unspecified atom stereocenters. The molecule has 0 saturated heterocycles. The summed E-state index contributed by atoms with van der Waals surface area (Å²) in [6.45, 7) is 10.1. The van der Waals surface area contributed by atoms with Gasteiger partial charge in [0.15, 0.2) is 0 Å². The van der Waals surface area contributed by atoms with Crippen molar-refractivity contribution in [2.24, 2.45) is 11.7 Å². The van der Waals surface area contributed by atoms with Gasteiger partial charge in [-0.1, -0.05) is 44.2 Å². The molecule has 0 bridgehead atoms. The molecule has 0 aromatic heterocycles. The van der Waals surface area contributed by atoms with E-state index in [0.29, 0.717) is 0 Å². The molecule has 31 heavy (non-hydrogen) atoms. The number of carbonyl (C=O) groups is 4. The Labute approximate surface area is 183 Å². The molecular formula is C22H34N4O5. The Morgan fingerprint density at radius 3 is 2.00 bits per heavy atom. The minimum Gasteiger partial charge on any atom is -0.444 e. The molecule has 1 aromatic carbocycles. The van der Waals surface area contributed by atoms with Crippen molar-refractivity contribution in [2.45, 2.75) is 71.7 Å². The lowest BCUT2D eigenvalue weighted by Crippen LogP contribution is -2.58. The summed E-state index contributed by atoms with van der Waals surface area (Å²) in [4.78, 5) is 49.2. The first-order valence-electron chi connectivity index (χ1n) is 10.2. The fraction of sp³-hybridized carbons (Fsp3) is 0.545. The van der Waals surface area contributed by atoms with E-state index >= 15 is 0 Å². The van der Waals surface area contributed by atoms with Gasteiger partial charge in [0.2, 0.25) is 17.7 Å². The topological polar surface area (TPSA) is 140 Å². The molecule has 9 nitrogen and oxygen atoms in total. The molecule has 5 N–H and O–H groups in total. The highest BCUT2D eigenvalue weighted by Gasteiger charge is 2.31. The number of hydrogen-bond acceptors (Lipinski definition) is 5. The van der Waals surface area contributed by atoms with Gasteiger partial charge in [-0.2, -0.15) is 0 Å². The highest BCUT2D eigenvalue weighted by molar-refractivity contribution is 5.93. The first-order valence-corrected chi connectivity index (χ1v) is 10.2. The molecule has 0 aliphatic rings. The van der Waals surface area contributed by atoms with Crippen LogP contribution in [0.3, 0.4) is 0 Å². The molecular weight excluding hydrogens is 400 g/mol. The zero-order valence-electron chi connectivity index (χ0n) is 19.0. The maximum Gasteiger partial charge on any atom is 0.408 e. The Morgan fingerprint density at radius 2 is 1.52 bits per heavy atom. The summed E-state index contributed by atoms with van der Waals surface area (Å²) in [5.74, 6) is -2.04. The average molecular weight is 435 g/mol. The molecule has 3 atom stereocenters. The predicted octanol–water partition coefficient (Wildman–Crippen LogP) is 1.25. The van der Waals surface area contributed by atoms with E-state index in [0.717, 1.165) is 5.56 Å². The molecule has 0 spiro atoms. The van der Waals surface area contributed by atoms with Crippen molar-refractivity contribution >= 4 is 23.8 Å². The van der Waals surface area contributed by atoms with E-state index in [1.165, 1.54) is 6.92 Å². The van der Waals surface area contributed by atoms with Crippen LogP contribution in [0.25, 0.3) is 0 Å². The molecule has 0 heterocycles. The number of hydrogen-bond donors (Lipinski definition) is 4. The maximum atomic E-state index is 13.0. The average Bonchev–Trinajstić information content (AvgIpc) is 2.64. The molecule has 1 aromatic rings. The third kappa shape index (κ3) is 9.50. The zero-order chi connectivity index (χ0) is 23.8. The van der Waals surface area contributed by atoms with E-state index in [4.69, 9.17) is 10.5 Å². The quantitative estimate of drug-likeness (QED) is 0.463. The minimum absolute atomic E-state index is 0.204. The van der Waals surface area contributed by atoms with Crippen LogP contribution in [-0.2, 0) is 25.5 Å². The van der Waals surface area contributed by atoms with Crippen LogP contribution in [0, 0.1) is 5.92 Å². The Morgan fingerprint density at radius 1 is 0.935 bits per heavy atom. The van der Waals surface area contributed by atoms with Gasteiger partial charge in [-0.3, -0.25) is 14.4 Å². The number of ether oxygens (including phenoxy) is 1. The molecule has 0 aliphatic carbocycles. The summed E-state index contributed by atoms with van der Waals surface area (Å²) in [5.41, 5.74) is 5.29. The fourth-order valence-electron chi connectivity index (χ4n) is 2.67. The van der Waals surface area contributed by atoms with Crippen molar-refractivity contribution in [3.05, 3.63) is 35.9 Å². The van der Waals surface area contributed by atoms with E-state index < -0.39 is 47.5 Å². The van der Waals surface area contributed by atoms with Crippen LogP contribution in [0.4, 0.5) is 4.79 Å². The Bertz CT molecular complexity index is 774. The van der Waals surface area contributed by atoms with Gasteiger partial charge in [0, 0.05) is 6.42 Å². The van der Waals surface area contributed by atoms with Crippen LogP contribution >= 0.6 is 0 Å². The Kier molecular flexibility index (Phi) is 9.48. The van der Waals surface area contributed by atoms with E-state index in [9.17, 15) is 19.2 Å². The second-order valence-electron chi connectivity index (χ2n) is 8.75. The predicted molar refractivity (Wildman–Crippen MR) is 117 cm³/mol. The lowest BCUT2D eigenvalue weighted by molar-refractivity contribution is -0.132. The molecule has 0 saturated carbocycles. The van der Waals surface area contributed by atoms with E-state index in [-0.39, 0.29) is 12.3 Å². The van der Waals surface area contributed by atoms with E-state index in [2.05, 4.69) is 16.0 Å². The highest BCUT2D eigenvalue weighted by Crippen LogP contribution is 2.10. The molecule has 0 aliphatic heterocycles. The fourth-order valence-corrected chi connectivity index (χ4v) is 2.67. The van der Waals surface area contributed by atoms with Gasteiger partial charge in [0.1, 0.15) is 23.7 Å². The summed E-state index contributed by atoms with van der Waals surface area (Å²) in [7, 11) is 0. The van der Waals surface area contributed by atoms with Crippen molar-refractivity contribution in [3.8, 4) is 0 Å². The second-order valence-corrected chi connectivity index (χ2v) is 8.75. The number of carbonyl (C=O) groups excluding carboxylic acids is 4. The number of amides is 4. The lowest BCUT2D eigenvalue weighted by atomic mass is 10.0. The van der Waals surface area contributed by atoms with Gasteiger partial charge in [-0.25, -0.2) is 4.79 Å². The monoisotopic (exact) mass is 434 g/mol. The number of rotatable bonds is 9. The smallest absolute Gasteiger partial charge is 0.408 e. The summed E-state index contributed by atoms with van der Waals surface area (Å²) >= 11 is 0. The van der Waals surface area contributed by atoms with Gasteiger partial charge in [0.25, 0.3) is 0 Å². The van der Waals surface area contributed by atoms with Crippen LogP contribution < -0.4 is 21.7 Å². The van der Waals surface area contributed by atoms with Crippen LogP contribution in [-0.4, -0.2) is 47.5 Å².